The molecule has 118 valence electrons. The van der Waals surface area contributed by atoms with Crippen molar-refractivity contribution in [3.63, 3.8) is 0 Å². The number of amides is 1. The molecule has 0 atom stereocenters. The highest BCUT2D eigenvalue weighted by atomic mass is 32.2. The van der Waals surface area contributed by atoms with E-state index in [1.165, 1.54) is 5.56 Å². The normalized spacial score (nSPS) is 10.9. The molecular weight excluding hydrogens is 324 g/mol. The van der Waals surface area contributed by atoms with Gasteiger partial charge in [0.1, 0.15) is 5.01 Å². The molecule has 3 aromatic rings. The Labute approximate surface area is 144 Å². The first-order valence-corrected chi connectivity index (χ1v) is 9.56. The van der Waals surface area contributed by atoms with Crippen LogP contribution in [0.1, 0.15) is 20.9 Å². The standard InChI is InChI=1S/C18H18N2OS2/c1-20(11-17-19-15-8-3-4-9-16(15)23-17)18(21)14-7-5-6-13(10-14)12-22-2/h3-10H,11-12H2,1-2H3. The summed E-state index contributed by atoms with van der Waals surface area (Å²) in [4.78, 5) is 18.9. The lowest BCUT2D eigenvalue weighted by Gasteiger charge is -2.16. The third-order valence-corrected chi connectivity index (χ3v) is 5.19. The van der Waals surface area contributed by atoms with E-state index in [4.69, 9.17) is 0 Å². The molecule has 0 spiro atoms. The maximum absolute atomic E-state index is 12.6. The Hall–Kier alpha value is -1.85. The van der Waals surface area contributed by atoms with Gasteiger partial charge in [0.05, 0.1) is 16.8 Å². The minimum Gasteiger partial charge on any atom is -0.335 e. The molecule has 0 aliphatic carbocycles. The number of fused-ring (bicyclic) bond motifs is 1. The number of hydrogen-bond acceptors (Lipinski definition) is 4. The monoisotopic (exact) mass is 342 g/mol. The van der Waals surface area contributed by atoms with Gasteiger partial charge in [0.15, 0.2) is 0 Å². The summed E-state index contributed by atoms with van der Waals surface area (Å²) in [6.45, 7) is 0.533. The van der Waals surface area contributed by atoms with Crippen LogP contribution >= 0.6 is 23.1 Å². The molecule has 0 aliphatic rings. The molecule has 0 saturated carbocycles. The summed E-state index contributed by atoms with van der Waals surface area (Å²) in [7, 11) is 1.83. The van der Waals surface area contributed by atoms with E-state index in [0.717, 1.165) is 26.5 Å². The number of nitrogens with zero attached hydrogens (tertiary/aromatic N) is 2. The largest absolute Gasteiger partial charge is 0.335 e. The van der Waals surface area contributed by atoms with Crippen molar-refractivity contribution in [2.24, 2.45) is 0 Å². The van der Waals surface area contributed by atoms with Crippen LogP contribution < -0.4 is 0 Å². The van der Waals surface area contributed by atoms with E-state index in [1.807, 2.05) is 43.4 Å². The summed E-state index contributed by atoms with van der Waals surface area (Å²) in [6.07, 6.45) is 2.06. The molecule has 0 aliphatic heterocycles. The molecule has 3 nitrogen and oxygen atoms in total. The number of carbonyl (C=O) groups excluding carboxylic acids is 1. The Morgan fingerprint density at radius 2 is 2.04 bits per heavy atom. The van der Waals surface area contributed by atoms with Crippen LogP contribution in [0.3, 0.4) is 0 Å². The fourth-order valence-corrected chi connectivity index (χ4v) is 3.98. The topological polar surface area (TPSA) is 33.2 Å². The van der Waals surface area contributed by atoms with E-state index in [2.05, 4.69) is 23.4 Å². The smallest absolute Gasteiger partial charge is 0.253 e. The molecule has 1 heterocycles. The van der Waals surface area contributed by atoms with Crippen molar-refractivity contribution in [2.75, 3.05) is 13.3 Å². The minimum atomic E-state index is 0.0345. The fourth-order valence-electron chi connectivity index (χ4n) is 2.44. The molecule has 1 aromatic heterocycles. The van der Waals surface area contributed by atoms with Crippen molar-refractivity contribution in [3.05, 3.63) is 64.7 Å². The average Bonchev–Trinajstić information content (AvgIpc) is 2.97. The van der Waals surface area contributed by atoms with Crippen molar-refractivity contribution < 1.29 is 4.79 Å². The lowest BCUT2D eigenvalue weighted by Crippen LogP contribution is -2.26. The molecule has 3 rings (SSSR count). The zero-order valence-corrected chi connectivity index (χ0v) is 14.8. The van der Waals surface area contributed by atoms with E-state index < -0.39 is 0 Å². The highest BCUT2D eigenvalue weighted by molar-refractivity contribution is 7.97. The van der Waals surface area contributed by atoms with Crippen molar-refractivity contribution in [1.82, 2.24) is 9.88 Å². The summed E-state index contributed by atoms with van der Waals surface area (Å²) in [5, 5.41) is 0.960. The Bertz CT molecular complexity index is 796. The first-order chi connectivity index (χ1) is 11.2. The van der Waals surface area contributed by atoms with Gasteiger partial charge < -0.3 is 4.90 Å². The maximum atomic E-state index is 12.6. The number of para-hydroxylation sites is 1. The first kappa shape index (κ1) is 16.0. The molecular formula is C18H18N2OS2. The molecule has 2 aromatic carbocycles. The molecule has 0 saturated heterocycles. The van der Waals surface area contributed by atoms with E-state index in [1.54, 1.807) is 28.0 Å². The molecule has 5 heteroatoms. The lowest BCUT2D eigenvalue weighted by atomic mass is 10.1. The second-order valence-electron chi connectivity index (χ2n) is 5.37. The van der Waals surface area contributed by atoms with Gasteiger partial charge in [-0.15, -0.1) is 11.3 Å². The van der Waals surface area contributed by atoms with Gasteiger partial charge in [0.2, 0.25) is 0 Å². The third kappa shape index (κ3) is 3.74. The number of thiazole rings is 1. The van der Waals surface area contributed by atoms with E-state index in [0.29, 0.717) is 6.54 Å². The van der Waals surface area contributed by atoms with Crippen LogP contribution in [0.5, 0.6) is 0 Å². The summed E-state index contributed by atoms with van der Waals surface area (Å²) in [6, 6.07) is 15.9. The first-order valence-electron chi connectivity index (χ1n) is 7.35. The van der Waals surface area contributed by atoms with Crippen LogP contribution in [-0.4, -0.2) is 29.1 Å². The van der Waals surface area contributed by atoms with Gasteiger partial charge in [0, 0.05) is 18.4 Å². The van der Waals surface area contributed by atoms with Gasteiger partial charge in [-0.25, -0.2) is 4.98 Å². The van der Waals surface area contributed by atoms with Gasteiger partial charge >= 0.3 is 0 Å². The molecule has 0 fully saturated rings. The summed E-state index contributed by atoms with van der Waals surface area (Å²) in [5.74, 6) is 0.954. The van der Waals surface area contributed by atoms with Crippen molar-refractivity contribution in [3.8, 4) is 0 Å². The second kappa shape index (κ2) is 7.15. The van der Waals surface area contributed by atoms with E-state index in [9.17, 15) is 4.79 Å². The SMILES string of the molecule is CSCc1cccc(C(=O)N(C)Cc2nc3ccccc3s2)c1. The molecule has 0 N–H and O–H groups in total. The highest BCUT2D eigenvalue weighted by Gasteiger charge is 2.14. The van der Waals surface area contributed by atoms with Crippen LogP contribution in [-0.2, 0) is 12.3 Å². The second-order valence-corrected chi connectivity index (χ2v) is 7.35. The summed E-state index contributed by atoms with van der Waals surface area (Å²) >= 11 is 3.40. The van der Waals surface area contributed by atoms with Gasteiger partial charge in [-0.05, 0) is 36.1 Å². The summed E-state index contributed by atoms with van der Waals surface area (Å²) < 4.78 is 1.16. The Morgan fingerprint density at radius 1 is 1.22 bits per heavy atom. The van der Waals surface area contributed by atoms with Crippen molar-refractivity contribution in [2.45, 2.75) is 12.3 Å². The minimum absolute atomic E-state index is 0.0345. The number of aromatic nitrogens is 1. The highest BCUT2D eigenvalue weighted by Crippen LogP contribution is 2.23. The van der Waals surface area contributed by atoms with Crippen LogP contribution in [0.25, 0.3) is 10.2 Å². The number of hydrogen-bond donors (Lipinski definition) is 0. The van der Waals surface area contributed by atoms with Crippen molar-refractivity contribution in [1.29, 1.82) is 0 Å². The molecule has 0 bridgehead atoms. The molecule has 1 amide bonds. The predicted molar refractivity (Wildman–Crippen MR) is 99.1 cm³/mol. The number of thioether (sulfide) groups is 1. The lowest BCUT2D eigenvalue weighted by molar-refractivity contribution is 0.0785. The fraction of sp³-hybridized carbons (Fsp3) is 0.222. The number of rotatable bonds is 5. The quantitative estimate of drug-likeness (QED) is 0.687. The van der Waals surface area contributed by atoms with Crippen LogP contribution in [0, 0.1) is 0 Å². The van der Waals surface area contributed by atoms with Crippen LogP contribution in [0.15, 0.2) is 48.5 Å². The Morgan fingerprint density at radius 3 is 2.83 bits per heavy atom. The van der Waals surface area contributed by atoms with Crippen molar-refractivity contribution >= 4 is 39.2 Å². The number of benzene rings is 2. The zero-order chi connectivity index (χ0) is 16.2. The zero-order valence-electron chi connectivity index (χ0n) is 13.2. The Kier molecular flexibility index (Phi) is 4.98. The van der Waals surface area contributed by atoms with Crippen LogP contribution in [0.4, 0.5) is 0 Å². The van der Waals surface area contributed by atoms with E-state index in [-0.39, 0.29) is 5.91 Å². The predicted octanol–water partition coefficient (Wildman–Crippen LogP) is 4.43. The average molecular weight is 342 g/mol. The maximum Gasteiger partial charge on any atom is 0.253 e. The summed E-state index contributed by atoms with van der Waals surface area (Å²) in [5.41, 5.74) is 2.91. The van der Waals surface area contributed by atoms with Gasteiger partial charge in [-0.3, -0.25) is 4.79 Å². The van der Waals surface area contributed by atoms with Crippen LogP contribution in [0.2, 0.25) is 0 Å². The van der Waals surface area contributed by atoms with Gasteiger partial charge in [-0.2, -0.15) is 11.8 Å². The number of carbonyl (C=O) groups is 1. The third-order valence-electron chi connectivity index (χ3n) is 3.54. The Balaban J connectivity index is 1.75. The van der Waals surface area contributed by atoms with Gasteiger partial charge in [0.25, 0.3) is 5.91 Å². The molecule has 23 heavy (non-hydrogen) atoms. The van der Waals surface area contributed by atoms with E-state index >= 15 is 0 Å². The van der Waals surface area contributed by atoms with Gasteiger partial charge in [-0.1, -0.05) is 24.3 Å². The molecule has 0 unspecified atom stereocenters. The molecule has 0 radical (unpaired) electrons.